The molecule has 0 atom stereocenters. The molecule has 3 nitrogen and oxygen atoms in total. The second-order valence-corrected chi connectivity index (χ2v) is 5.72. The molecule has 0 bridgehead atoms. The predicted molar refractivity (Wildman–Crippen MR) is 76.8 cm³/mol. The standard InChI is InChI=1S/C15H15NO2S/c1-18-12-6-2-10(3-7-12)13-8-9-14(19-13)15(17)16-11-4-5-11/h2-3,6-9,11H,4-5H2,1H3,(H,16,17). The van der Waals surface area contributed by atoms with Crippen LogP contribution in [0.25, 0.3) is 10.4 Å². The minimum atomic E-state index is 0.0484. The van der Waals surface area contributed by atoms with Crippen LogP contribution in [0.2, 0.25) is 0 Å². The van der Waals surface area contributed by atoms with Gasteiger partial charge in [-0.15, -0.1) is 11.3 Å². The number of hydrogen-bond donors (Lipinski definition) is 1. The molecule has 1 aromatic carbocycles. The van der Waals surface area contributed by atoms with Gasteiger partial charge in [0.05, 0.1) is 12.0 Å². The van der Waals surface area contributed by atoms with Gasteiger partial charge in [0.25, 0.3) is 5.91 Å². The number of nitrogens with one attached hydrogen (secondary N) is 1. The lowest BCUT2D eigenvalue weighted by Gasteiger charge is -2.01. The van der Waals surface area contributed by atoms with Gasteiger partial charge in [0.15, 0.2) is 0 Å². The summed E-state index contributed by atoms with van der Waals surface area (Å²) in [4.78, 5) is 13.8. The summed E-state index contributed by atoms with van der Waals surface area (Å²) in [6, 6.07) is 12.2. The van der Waals surface area contributed by atoms with Gasteiger partial charge in [0.2, 0.25) is 0 Å². The van der Waals surface area contributed by atoms with Crippen molar-refractivity contribution in [3.05, 3.63) is 41.3 Å². The van der Waals surface area contributed by atoms with Crippen LogP contribution >= 0.6 is 11.3 Å². The summed E-state index contributed by atoms with van der Waals surface area (Å²) in [6.45, 7) is 0. The summed E-state index contributed by atoms with van der Waals surface area (Å²) in [6.07, 6.45) is 2.23. The van der Waals surface area contributed by atoms with Crippen molar-refractivity contribution in [1.82, 2.24) is 5.32 Å². The summed E-state index contributed by atoms with van der Waals surface area (Å²) in [5.74, 6) is 0.888. The zero-order valence-corrected chi connectivity index (χ0v) is 11.5. The number of methoxy groups -OCH3 is 1. The highest BCUT2D eigenvalue weighted by Gasteiger charge is 2.24. The Morgan fingerprint density at radius 1 is 1.21 bits per heavy atom. The van der Waals surface area contributed by atoms with E-state index in [-0.39, 0.29) is 5.91 Å². The van der Waals surface area contributed by atoms with Crippen LogP contribution in [0.15, 0.2) is 36.4 Å². The molecular formula is C15H15NO2S. The van der Waals surface area contributed by atoms with Crippen LogP contribution in [-0.4, -0.2) is 19.1 Å². The molecule has 0 spiro atoms. The molecule has 1 amide bonds. The minimum absolute atomic E-state index is 0.0484. The molecule has 0 radical (unpaired) electrons. The van der Waals surface area contributed by atoms with E-state index in [2.05, 4.69) is 5.32 Å². The van der Waals surface area contributed by atoms with Gasteiger partial charge < -0.3 is 10.1 Å². The minimum Gasteiger partial charge on any atom is -0.497 e. The van der Waals surface area contributed by atoms with E-state index < -0.39 is 0 Å². The number of carbonyl (C=O) groups excluding carboxylic acids is 1. The molecule has 1 N–H and O–H groups in total. The van der Waals surface area contributed by atoms with Crippen molar-refractivity contribution in [3.8, 4) is 16.2 Å². The van der Waals surface area contributed by atoms with E-state index in [1.807, 2.05) is 36.4 Å². The normalized spacial score (nSPS) is 14.2. The highest BCUT2D eigenvalue weighted by molar-refractivity contribution is 7.17. The molecule has 0 saturated heterocycles. The van der Waals surface area contributed by atoms with E-state index in [1.165, 1.54) is 11.3 Å². The van der Waals surface area contributed by atoms with Gasteiger partial charge in [0, 0.05) is 10.9 Å². The van der Waals surface area contributed by atoms with Gasteiger partial charge in [-0.05, 0) is 54.8 Å². The van der Waals surface area contributed by atoms with Crippen molar-refractivity contribution >= 4 is 17.2 Å². The molecule has 2 aromatic rings. The topological polar surface area (TPSA) is 38.3 Å². The Labute approximate surface area is 116 Å². The first-order chi connectivity index (χ1) is 9.26. The molecule has 1 aromatic heterocycles. The Morgan fingerprint density at radius 3 is 2.58 bits per heavy atom. The van der Waals surface area contributed by atoms with E-state index in [0.29, 0.717) is 6.04 Å². The molecular weight excluding hydrogens is 258 g/mol. The Hall–Kier alpha value is -1.81. The Bertz CT molecular complexity index is 584. The number of rotatable bonds is 4. The molecule has 19 heavy (non-hydrogen) atoms. The second kappa shape index (κ2) is 5.05. The average molecular weight is 273 g/mol. The zero-order chi connectivity index (χ0) is 13.2. The molecule has 1 heterocycles. The van der Waals surface area contributed by atoms with Gasteiger partial charge in [-0.25, -0.2) is 0 Å². The zero-order valence-electron chi connectivity index (χ0n) is 10.7. The van der Waals surface area contributed by atoms with Gasteiger partial charge >= 0.3 is 0 Å². The molecule has 4 heteroatoms. The highest BCUT2D eigenvalue weighted by atomic mass is 32.1. The Morgan fingerprint density at radius 2 is 1.95 bits per heavy atom. The van der Waals surface area contributed by atoms with Gasteiger partial charge in [-0.2, -0.15) is 0 Å². The highest BCUT2D eigenvalue weighted by Crippen LogP contribution is 2.30. The van der Waals surface area contributed by atoms with Crippen molar-refractivity contribution < 1.29 is 9.53 Å². The fourth-order valence-corrected chi connectivity index (χ4v) is 2.77. The predicted octanol–water partition coefficient (Wildman–Crippen LogP) is 3.32. The molecule has 1 aliphatic rings. The van der Waals surface area contributed by atoms with Crippen LogP contribution in [0.5, 0.6) is 5.75 Å². The quantitative estimate of drug-likeness (QED) is 0.928. The van der Waals surface area contributed by atoms with E-state index in [9.17, 15) is 4.79 Å². The van der Waals surface area contributed by atoms with E-state index in [0.717, 1.165) is 33.9 Å². The van der Waals surface area contributed by atoms with Crippen molar-refractivity contribution in [2.45, 2.75) is 18.9 Å². The monoisotopic (exact) mass is 273 g/mol. The first-order valence-corrected chi connectivity index (χ1v) is 7.13. The third kappa shape index (κ3) is 2.79. The number of thiophene rings is 1. The molecule has 1 fully saturated rings. The van der Waals surface area contributed by atoms with Gasteiger partial charge in [-0.1, -0.05) is 0 Å². The third-order valence-electron chi connectivity index (χ3n) is 3.12. The number of amides is 1. The molecule has 1 saturated carbocycles. The van der Waals surface area contributed by atoms with Crippen molar-refractivity contribution in [1.29, 1.82) is 0 Å². The number of benzene rings is 1. The van der Waals surface area contributed by atoms with E-state index >= 15 is 0 Å². The lowest BCUT2D eigenvalue weighted by atomic mass is 10.2. The number of hydrogen-bond acceptors (Lipinski definition) is 3. The van der Waals surface area contributed by atoms with E-state index in [4.69, 9.17) is 4.74 Å². The molecule has 0 aliphatic heterocycles. The van der Waals surface area contributed by atoms with Crippen LogP contribution in [-0.2, 0) is 0 Å². The fraction of sp³-hybridized carbons (Fsp3) is 0.267. The SMILES string of the molecule is COc1ccc(-c2ccc(C(=O)NC3CC3)s2)cc1. The maximum atomic E-state index is 11.9. The summed E-state index contributed by atoms with van der Waals surface area (Å²) < 4.78 is 5.14. The van der Waals surface area contributed by atoms with Gasteiger partial charge in [-0.3, -0.25) is 4.79 Å². The largest absolute Gasteiger partial charge is 0.497 e. The molecule has 0 unspecified atom stereocenters. The lowest BCUT2D eigenvalue weighted by molar-refractivity contribution is 0.0955. The van der Waals surface area contributed by atoms with Crippen molar-refractivity contribution in [3.63, 3.8) is 0 Å². The maximum Gasteiger partial charge on any atom is 0.261 e. The fourth-order valence-electron chi connectivity index (χ4n) is 1.85. The Balaban J connectivity index is 1.77. The molecule has 3 rings (SSSR count). The van der Waals surface area contributed by atoms with Crippen LogP contribution in [0.4, 0.5) is 0 Å². The third-order valence-corrected chi connectivity index (χ3v) is 4.25. The number of carbonyl (C=O) groups is 1. The smallest absolute Gasteiger partial charge is 0.261 e. The van der Waals surface area contributed by atoms with Gasteiger partial charge in [0.1, 0.15) is 5.75 Å². The first kappa shape index (κ1) is 12.2. The Kier molecular flexibility index (Phi) is 3.25. The van der Waals surface area contributed by atoms with Crippen LogP contribution < -0.4 is 10.1 Å². The summed E-state index contributed by atoms with van der Waals surface area (Å²) in [5.41, 5.74) is 1.11. The second-order valence-electron chi connectivity index (χ2n) is 4.64. The summed E-state index contributed by atoms with van der Waals surface area (Å²) >= 11 is 1.52. The van der Waals surface area contributed by atoms with Crippen LogP contribution in [0, 0.1) is 0 Å². The lowest BCUT2D eigenvalue weighted by Crippen LogP contribution is -2.24. The maximum absolute atomic E-state index is 11.9. The van der Waals surface area contributed by atoms with Crippen LogP contribution in [0.1, 0.15) is 22.5 Å². The summed E-state index contributed by atoms with van der Waals surface area (Å²) in [7, 11) is 1.65. The molecule has 98 valence electrons. The van der Waals surface area contributed by atoms with E-state index in [1.54, 1.807) is 7.11 Å². The van der Waals surface area contributed by atoms with Crippen molar-refractivity contribution in [2.75, 3.05) is 7.11 Å². The summed E-state index contributed by atoms with van der Waals surface area (Å²) in [5, 5.41) is 3.00. The van der Waals surface area contributed by atoms with Crippen LogP contribution in [0.3, 0.4) is 0 Å². The molecule has 1 aliphatic carbocycles. The number of ether oxygens (including phenoxy) is 1. The van der Waals surface area contributed by atoms with Crippen molar-refractivity contribution in [2.24, 2.45) is 0 Å². The first-order valence-electron chi connectivity index (χ1n) is 6.31. The average Bonchev–Trinajstić information content (AvgIpc) is 3.11.